The number of ether oxygens (including phenoxy) is 1. The first-order valence-electron chi connectivity index (χ1n) is 10.6. The fourth-order valence-corrected chi connectivity index (χ4v) is 3.94. The number of carbonyl (C=O) groups excluding carboxylic acids is 1. The molecule has 4 nitrogen and oxygen atoms in total. The number of anilines is 1. The zero-order valence-electron chi connectivity index (χ0n) is 16.9. The minimum atomic E-state index is -0.0889. The van der Waals surface area contributed by atoms with E-state index in [1.807, 2.05) is 54.6 Å². The molecule has 29 heavy (non-hydrogen) atoms. The molecule has 1 saturated carbocycles. The summed E-state index contributed by atoms with van der Waals surface area (Å²) in [6.45, 7) is 0.771. The lowest BCUT2D eigenvalue weighted by molar-refractivity contribution is -0.119. The van der Waals surface area contributed by atoms with Gasteiger partial charge >= 0.3 is 0 Å². The third kappa shape index (κ3) is 7.86. The van der Waals surface area contributed by atoms with Crippen LogP contribution in [0.1, 0.15) is 50.5 Å². The molecular formula is C24H30N2O2S. The number of carbonyl (C=O) groups is 1. The first-order chi connectivity index (χ1) is 14.2. The van der Waals surface area contributed by atoms with Gasteiger partial charge in [0.2, 0.25) is 5.91 Å². The molecule has 1 amide bonds. The summed E-state index contributed by atoms with van der Waals surface area (Å²) in [5, 5.41) is 6.10. The predicted octanol–water partition coefficient (Wildman–Crippen LogP) is 5.48. The fourth-order valence-electron chi connectivity index (χ4n) is 3.71. The van der Waals surface area contributed by atoms with Gasteiger partial charge in [0.25, 0.3) is 0 Å². The van der Waals surface area contributed by atoms with Gasteiger partial charge in [0.1, 0.15) is 5.75 Å². The van der Waals surface area contributed by atoms with Crippen molar-refractivity contribution in [1.29, 1.82) is 0 Å². The van der Waals surface area contributed by atoms with E-state index >= 15 is 0 Å². The molecule has 0 aromatic heterocycles. The largest absolute Gasteiger partial charge is 0.494 e. The molecule has 1 aliphatic rings. The smallest absolute Gasteiger partial charge is 0.226 e. The molecule has 0 bridgehead atoms. The van der Waals surface area contributed by atoms with Gasteiger partial charge in [-0.25, -0.2) is 0 Å². The number of hydrogen-bond acceptors (Lipinski definition) is 3. The van der Waals surface area contributed by atoms with E-state index < -0.39 is 0 Å². The van der Waals surface area contributed by atoms with Crippen LogP contribution in [-0.4, -0.2) is 17.6 Å². The number of benzene rings is 2. The summed E-state index contributed by atoms with van der Waals surface area (Å²) in [5.74, 6) is 1.60. The lowest BCUT2D eigenvalue weighted by Gasteiger charge is -2.21. The zero-order valence-corrected chi connectivity index (χ0v) is 17.7. The van der Waals surface area contributed by atoms with E-state index in [0.29, 0.717) is 18.0 Å². The van der Waals surface area contributed by atoms with E-state index in [9.17, 15) is 4.79 Å². The number of thiocarbonyl (C=S) groups is 1. The minimum Gasteiger partial charge on any atom is -0.494 e. The first kappa shape index (κ1) is 21.3. The fraction of sp³-hybridized carbons (Fsp3) is 0.417. The Labute approximate surface area is 179 Å². The van der Waals surface area contributed by atoms with E-state index in [1.54, 1.807) is 0 Å². The SMILES string of the molecule is O=C(CCc1ccccc1)NC(=S)Nc1ccc(OCCC2CCCCC2)cc1. The molecule has 0 spiro atoms. The summed E-state index contributed by atoms with van der Waals surface area (Å²) in [6, 6.07) is 17.6. The van der Waals surface area contributed by atoms with Crippen molar-refractivity contribution >= 4 is 28.9 Å². The molecule has 2 aromatic carbocycles. The monoisotopic (exact) mass is 410 g/mol. The third-order valence-corrected chi connectivity index (χ3v) is 5.57. The quantitative estimate of drug-likeness (QED) is 0.566. The van der Waals surface area contributed by atoms with Gasteiger partial charge in [0.05, 0.1) is 6.61 Å². The van der Waals surface area contributed by atoms with Crippen LogP contribution in [0.4, 0.5) is 5.69 Å². The molecule has 154 valence electrons. The van der Waals surface area contributed by atoms with Gasteiger partial charge in [-0.15, -0.1) is 0 Å². The van der Waals surface area contributed by atoms with Crippen LogP contribution in [0.3, 0.4) is 0 Å². The molecule has 2 N–H and O–H groups in total. The van der Waals surface area contributed by atoms with E-state index in [2.05, 4.69) is 10.6 Å². The van der Waals surface area contributed by atoms with Gasteiger partial charge in [0, 0.05) is 12.1 Å². The molecule has 0 aliphatic heterocycles. The van der Waals surface area contributed by atoms with Crippen molar-refractivity contribution in [2.24, 2.45) is 5.92 Å². The third-order valence-electron chi connectivity index (χ3n) is 5.37. The van der Waals surface area contributed by atoms with Gasteiger partial charge in [0.15, 0.2) is 5.11 Å². The van der Waals surface area contributed by atoms with Crippen LogP contribution in [0.2, 0.25) is 0 Å². The van der Waals surface area contributed by atoms with Crippen molar-refractivity contribution in [1.82, 2.24) is 5.32 Å². The lowest BCUT2D eigenvalue weighted by Crippen LogP contribution is -2.34. The molecule has 5 heteroatoms. The maximum atomic E-state index is 12.1. The maximum Gasteiger partial charge on any atom is 0.226 e. The Morgan fingerprint density at radius 2 is 1.72 bits per heavy atom. The number of aryl methyl sites for hydroxylation is 1. The molecule has 1 fully saturated rings. The van der Waals surface area contributed by atoms with Gasteiger partial charge < -0.3 is 15.4 Å². The highest BCUT2D eigenvalue weighted by Gasteiger charge is 2.13. The average Bonchev–Trinajstić information content (AvgIpc) is 2.75. The maximum absolute atomic E-state index is 12.1. The van der Waals surface area contributed by atoms with Crippen LogP contribution in [-0.2, 0) is 11.2 Å². The summed E-state index contributed by atoms with van der Waals surface area (Å²) in [6.07, 6.45) is 9.06. The number of nitrogens with one attached hydrogen (secondary N) is 2. The predicted molar refractivity (Wildman–Crippen MR) is 122 cm³/mol. The van der Waals surface area contributed by atoms with Crippen molar-refractivity contribution in [3.8, 4) is 5.75 Å². The summed E-state index contributed by atoms with van der Waals surface area (Å²) in [4.78, 5) is 12.1. The normalized spacial score (nSPS) is 14.2. The Kier molecular flexibility index (Phi) is 8.50. The zero-order chi connectivity index (χ0) is 20.3. The second-order valence-electron chi connectivity index (χ2n) is 7.65. The van der Waals surface area contributed by atoms with Crippen LogP contribution in [0.5, 0.6) is 5.75 Å². The highest BCUT2D eigenvalue weighted by molar-refractivity contribution is 7.80. The van der Waals surface area contributed by atoms with Crippen LogP contribution in [0.15, 0.2) is 54.6 Å². The highest BCUT2D eigenvalue weighted by Crippen LogP contribution is 2.26. The van der Waals surface area contributed by atoms with Gasteiger partial charge in [-0.3, -0.25) is 4.79 Å². The highest BCUT2D eigenvalue weighted by atomic mass is 32.1. The molecule has 0 atom stereocenters. The van der Waals surface area contributed by atoms with Crippen molar-refractivity contribution in [3.63, 3.8) is 0 Å². The first-order valence-corrected chi connectivity index (χ1v) is 11.0. The topological polar surface area (TPSA) is 50.4 Å². The second kappa shape index (κ2) is 11.6. The molecule has 0 heterocycles. The van der Waals surface area contributed by atoms with Crippen LogP contribution in [0, 0.1) is 5.92 Å². The van der Waals surface area contributed by atoms with Crippen molar-refractivity contribution in [3.05, 3.63) is 60.2 Å². The summed E-state index contributed by atoms with van der Waals surface area (Å²) < 4.78 is 5.88. The van der Waals surface area contributed by atoms with E-state index in [0.717, 1.165) is 35.9 Å². The van der Waals surface area contributed by atoms with E-state index in [4.69, 9.17) is 17.0 Å². The molecular weight excluding hydrogens is 380 g/mol. The molecule has 1 aliphatic carbocycles. The summed E-state index contributed by atoms with van der Waals surface area (Å²) >= 11 is 5.24. The second-order valence-corrected chi connectivity index (χ2v) is 8.06. The molecule has 3 rings (SSSR count). The Balaban J connectivity index is 1.35. The van der Waals surface area contributed by atoms with E-state index in [1.165, 1.54) is 32.1 Å². The Morgan fingerprint density at radius 3 is 2.45 bits per heavy atom. The standard InChI is InChI=1S/C24H30N2O2S/c27-23(16-11-19-7-3-1-4-8-19)26-24(29)25-21-12-14-22(15-13-21)28-18-17-20-9-5-2-6-10-20/h1,3-4,7-8,12-15,20H,2,5-6,9-11,16-18H2,(H2,25,26,27,29). The lowest BCUT2D eigenvalue weighted by atomic mass is 9.87. The Hall–Kier alpha value is -2.40. The van der Waals surface area contributed by atoms with Crippen LogP contribution in [0.25, 0.3) is 0 Å². The van der Waals surface area contributed by atoms with Gasteiger partial charge in [-0.2, -0.15) is 0 Å². The molecule has 0 saturated heterocycles. The van der Waals surface area contributed by atoms with Crippen LogP contribution < -0.4 is 15.4 Å². The molecule has 2 aromatic rings. The van der Waals surface area contributed by atoms with Crippen molar-refractivity contribution in [2.45, 2.75) is 51.4 Å². The van der Waals surface area contributed by atoms with Crippen molar-refractivity contribution in [2.75, 3.05) is 11.9 Å². The Bertz CT molecular complexity index is 771. The number of hydrogen-bond donors (Lipinski definition) is 2. The van der Waals surface area contributed by atoms with Gasteiger partial charge in [-0.05, 0) is 60.8 Å². The average molecular weight is 411 g/mol. The number of amides is 1. The minimum absolute atomic E-state index is 0.0889. The van der Waals surface area contributed by atoms with Crippen LogP contribution >= 0.6 is 12.2 Å². The number of rotatable bonds is 8. The molecule has 0 unspecified atom stereocenters. The summed E-state index contributed by atoms with van der Waals surface area (Å²) in [7, 11) is 0. The van der Waals surface area contributed by atoms with E-state index in [-0.39, 0.29) is 5.91 Å². The summed E-state index contributed by atoms with van der Waals surface area (Å²) in [5.41, 5.74) is 1.97. The van der Waals surface area contributed by atoms with Gasteiger partial charge in [-0.1, -0.05) is 62.4 Å². The molecule has 0 radical (unpaired) electrons. The Morgan fingerprint density at radius 1 is 1.00 bits per heavy atom. The van der Waals surface area contributed by atoms with Crippen molar-refractivity contribution < 1.29 is 9.53 Å².